The summed E-state index contributed by atoms with van der Waals surface area (Å²) < 4.78 is 5.24. The van der Waals surface area contributed by atoms with Gasteiger partial charge >= 0.3 is 6.03 Å². The zero-order valence-corrected chi connectivity index (χ0v) is 19.1. The van der Waals surface area contributed by atoms with Crippen molar-refractivity contribution in [3.05, 3.63) is 89.0 Å². The van der Waals surface area contributed by atoms with E-state index in [-0.39, 0.29) is 12.3 Å². The minimum atomic E-state index is -1.24. The minimum absolute atomic E-state index is 0.108. The first-order valence-corrected chi connectivity index (χ1v) is 11.2. The lowest BCUT2D eigenvalue weighted by Crippen LogP contribution is -2.46. The van der Waals surface area contributed by atoms with Gasteiger partial charge in [-0.25, -0.2) is 4.79 Å². The number of urea groups is 1. The number of carbonyl (C=O) groups excluding carboxylic acids is 3. The van der Waals surface area contributed by atoms with E-state index in [1.54, 1.807) is 18.1 Å². The zero-order chi connectivity index (χ0) is 23.9. The van der Waals surface area contributed by atoms with Gasteiger partial charge in [0.25, 0.3) is 11.8 Å². The topological polar surface area (TPSA) is 87.7 Å². The normalized spacial score (nSPS) is 19.1. The van der Waals surface area contributed by atoms with Crippen LogP contribution in [0.2, 0.25) is 0 Å². The fourth-order valence-electron chi connectivity index (χ4n) is 4.66. The number of imide groups is 1. The van der Waals surface area contributed by atoms with Crippen LogP contribution in [-0.2, 0) is 16.9 Å². The molecule has 0 aliphatic carbocycles. The Kier molecular flexibility index (Phi) is 5.32. The highest BCUT2D eigenvalue weighted by atomic mass is 16.5. The molecule has 2 heterocycles. The molecular formula is C27H25N3O4. The molecule has 0 bridgehead atoms. The average Bonchev–Trinajstić information content (AvgIpc) is 3.33. The first-order chi connectivity index (χ1) is 16.4. The Morgan fingerprint density at radius 1 is 0.941 bits per heavy atom. The third kappa shape index (κ3) is 3.69. The van der Waals surface area contributed by atoms with Gasteiger partial charge in [0.05, 0.1) is 7.11 Å². The van der Waals surface area contributed by atoms with E-state index in [2.05, 4.69) is 34.9 Å². The molecule has 34 heavy (non-hydrogen) atoms. The number of aryl methyl sites for hydroxylation is 1. The number of amides is 4. The van der Waals surface area contributed by atoms with Gasteiger partial charge < -0.3 is 15.0 Å². The van der Waals surface area contributed by atoms with Crippen molar-refractivity contribution in [1.29, 1.82) is 0 Å². The summed E-state index contributed by atoms with van der Waals surface area (Å²) in [5.74, 6) is 0.108. The van der Waals surface area contributed by atoms with E-state index in [0.29, 0.717) is 30.0 Å². The fourth-order valence-corrected chi connectivity index (χ4v) is 4.66. The van der Waals surface area contributed by atoms with Crippen molar-refractivity contribution in [3.63, 3.8) is 0 Å². The van der Waals surface area contributed by atoms with Crippen molar-refractivity contribution in [2.24, 2.45) is 0 Å². The summed E-state index contributed by atoms with van der Waals surface area (Å²) in [7, 11) is 1.56. The van der Waals surface area contributed by atoms with Crippen LogP contribution in [0.1, 0.15) is 33.5 Å². The third-order valence-corrected chi connectivity index (χ3v) is 6.66. The maximum atomic E-state index is 13.0. The lowest BCUT2D eigenvalue weighted by molar-refractivity contribution is -0.124. The van der Waals surface area contributed by atoms with Crippen LogP contribution in [0.4, 0.5) is 4.79 Å². The van der Waals surface area contributed by atoms with Crippen LogP contribution in [0.25, 0.3) is 11.1 Å². The number of ether oxygens (including phenoxy) is 1. The highest BCUT2D eigenvalue weighted by Gasteiger charge is 2.48. The first kappa shape index (κ1) is 21.7. The number of benzene rings is 3. The molecular weight excluding hydrogens is 430 g/mol. The highest BCUT2D eigenvalue weighted by Crippen LogP contribution is 2.33. The smallest absolute Gasteiger partial charge is 0.322 e. The minimum Gasteiger partial charge on any atom is -0.497 e. The molecule has 3 aromatic rings. The van der Waals surface area contributed by atoms with E-state index in [0.717, 1.165) is 16.7 Å². The van der Waals surface area contributed by atoms with Crippen molar-refractivity contribution in [2.75, 3.05) is 13.7 Å². The second-order valence-electron chi connectivity index (χ2n) is 8.76. The average molecular weight is 456 g/mol. The molecule has 2 aliphatic heterocycles. The molecule has 2 aliphatic rings. The molecule has 0 unspecified atom stereocenters. The number of carbonyl (C=O) groups is 3. The zero-order valence-electron chi connectivity index (χ0n) is 19.1. The van der Waals surface area contributed by atoms with Crippen molar-refractivity contribution in [3.8, 4) is 16.9 Å². The molecule has 4 amide bonds. The van der Waals surface area contributed by atoms with E-state index < -0.39 is 17.5 Å². The lowest BCUT2D eigenvalue weighted by Gasteiger charge is -2.29. The fraction of sp³-hybridized carbons (Fsp3) is 0.222. The largest absolute Gasteiger partial charge is 0.497 e. The quantitative estimate of drug-likeness (QED) is 0.554. The predicted octanol–water partition coefficient (Wildman–Crippen LogP) is 3.75. The molecule has 0 aromatic heterocycles. The Morgan fingerprint density at radius 2 is 1.62 bits per heavy atom. The predicted molar refractivity (Wildman–Crippen MR) is 127 cm³/mol. The molecule has 7 nitrogen and oxygen atoms in total. The highest BCUT2D eigenvalue weighted by molar-refractivity contribution is 6.07. The van der Waals surface area contributed by atoms with Gasteiger partial charge in [0, 0.05) is 25.1 Å². The SMILES string of the molecule is COc1ccc2c(c1)C(=O)N(CC[C@@]1(c3ccc(-c4ccc(C)cc4)cc3)NC(=O)NC1=O)C2. The van der Waals surface area contributed by atoms with E-state index in [4.69, 9.17) is 4.74 Å². The van der Waals surface area contributed by atoms with Crippen LogP contribution in [0.5, 0.6) is 5.75 Å². The molecule has 7 heteroatoms. The summed E-state index contributed by atoms with van der Waals surface area (Å²) in [6.45, 7) is 2.80. The number of methoxy groups -OCH3 is 1. The van der Waals surface area contributed by atoms with Gasteiger partial charge in [-0.2, -0.15) is 0 Å². The van der Waals surface area contributed by atoms with Gasteiger partial charge in [0.1, 0.15) is 11.3 Å². The standard InChI is InChI=1S/C27H25N3O4/c1-17-3-5-18(6-4-17)19-7-10-21(11-8-19)27(25(32)28-26(33)29-27)13-14-30-16-20-9-12-22(34-2)15-23(20)24(30)31/h3-12,15H,13-14,16H2,1-2H3,(H2,28,29,32,33)/t27-/m0/s1. The van der Waals surface area contributed by atoms with Crippen LogP contribution < -0.4 is 15.4 Å². The second-order valence-corrected chi connectivity index (χ2v) is 8.76. The Bertz CT molecular complexity index is 1280. The summed E-state index contributed by atoms with van der Waals surface area (Å²) in [6.07, 6.45) is 0.255. The molecule has 0 spiro atoms. The lowest BCUT2D eigenvalue weighted by atomic mass is 9.85. The number of nitrogens with one attached hydrogen (secondary N) is 2. The third-order valence-electron chi connectivity index (χ3n) is 6.66. The first-order valence-electron chi connectivity index (χ1n) is 11.2. The van der Waals surface area contributed by atoms with Crippen LogP contribution in [-0.4, -0.2) is 36.4 Å². The molecule has 1 saturated heterocycles. The van der Waals surface area contributed by atoms with Gasteiger partial charge in [0.15, 0.2) is 0 Å². The summed E-state index contributed by atoms with van der Waals surface area (Å²) in [6, 6.07) is 20.8. The summed E-state index contributed by atoms with van der Waals surface area (Å²) in [5.41, 5.74) is 4.23. The van der Waals surface area contributed by atoms with E-state index >= 15 is 0 Å². The Balaban J connectivity index is 1.39. The van der Waals surface area contributed by atoms with Crippen LogP contribution in [0.3, 0.4) is 0 Å². The van der Waals surface area contributed by atoms with Crippen LogP contribution in [0, 0.1) is 6.92 Å². The molecule has 3 aromatic carbocycles. The molecule has 2 N–H and O–H groups in total. The van der Waals surface area contributed by atoms with Crippen molar-refractivity contribution in [1.82, 2.24) is 15.5 Å². The molecule has 1 fully saturated rings. The Hall–Kier alpha value is -4.13. The van der Waals surface area contributed by atoms with Crippen molar-refractivity contribution < 1.29 is 19.1 Å². The van der Waals surface area contributed by atoms with Crippen molar-refractivity contribution >= 4 is 17.8 Å². The molecule has 0 radical (unpaired) electrons. The summed E-state index contributed by atoms with van der Waals surface area (Å²) >= 11 is 0. The van der Waals surface area contributed by atoms with Crippen LogP contribution in [0.15, 0.2) is 66.7 Å². The van der Waals surface area contributed by atoms with Gasteiger partial charge in [-0.15, -0.1) is 0 Å². The molecule has 5 rings (SSSR count). The Morgan fingerprint density at radius 3 is 2.24 bits per heavy atom. The number of hydrogen-bond donors (Lipinski definition) is 2. The van der Waals surface area contributed by atoms with Crippen molar-refractivity contribution in [2.45, 2.75) is 25.4 Å². The summed E-state index contributed by atoms with van der Waals surface area (Å²) in [4.78, 5) is 39.8. The van der Waals surface area contributed by atoms with Gasteiger partial charge in [0.2, 0.25) is 0 Å². The van der Waals surface area contributed by atoms with E-state index in [1.807, 2.05) is 43.3 Å². The Labute approximate surface area is 197 Å². The maximum Gasteiger partial charge on any atom is 0.322 e. The van der Waals surface area contributed by atoms with E-state index in [9.17, 15) is 14.4 Å². The van der Waals surface area contributed by atoms with Crippen LogP contribution >= 0.6 is 0 Å². The van der Waals surface area contributed by atoms with Gasteiger partial charge in [-0.3, -0.25) is 14.9 Å². The molecule has 172 valence electrons. The molecule has 0 saturated carbocycles. The molecule has 1 atom stereocenters. The number of nitrogens with zero attached hydrogens (tertiary/aromatic N) is 1. The number of rotatable bonds is 6. The van der Waals surface area contributed by atoms with Gasteiger partial charge in [-0.1, -0.05) is 60.2 Å². The second kappa shape index (κ2) is 8.33. The number of hydrogen-bond acceptors (Lipinski definition) is 4. The monoisotopic (exact) mass is 455 g/mol. The number of fused-ring (bicyclic) bond motifs is 1. The summed E-state index contributed by atoms with van der Waals surface area (Å²) in [5, 5.41) is 5.19. The van der Waals surface area contributed by atoms with Gasteiger partial charge in [-0.05, 0) is 41.3 Å². The maximum absolute atomic E-state index is 13.0. The van der Waals surface area contributed by atoms with E-state index in [1.165, 1.54) is 5.56 Å².